The standard InChI is InChI=1S/C7H7ClN2/c8-7(1-3-9)6-2-4-10-5-6/h1-5,9-10H/b7-1+,9-3?. The number of allylic oxidation sites excluding steroid dienone is 1. The molecule has 10 heavy (non-hydrogen) atoms. The quantitative estimate of drug-likeness (QED) is 0.614. The van der Waals surface area contributed by atoms with Crippen LogP contribution in [0, 0.1) is 5.41 Å². The van der Waals surface area contributed by atoms with E-state index in [2.05, 4.69) is 4.98 Å². The minimum Gasteiger partial charge on any atom is -0.367 e. The van der Waals surface area contributed by atoms with E-state index in [4.69, 9.17) is 17.0 Å². The zero-order valence-electron chi connectivity index (χ0n) is 5.26. The van der Waals surface area contributed by atoms with Crippen LogP contribution in [0.5, 0.6) is 0 Å². The van der Waals surface area contributed by atoms with Crippen molar-refractivity contribution in [1.82, 2.24) is 4.98 Å². The molecule has 52 valence electrons. The second kappa shape index (κ2) is 3.22. The van der Waals surface area contributed by atoms with Gasteiger partial charge in [-0.15, -0.1) is 0 Å². The number of aromatic amines is 1. The van der Waals surface area contributed by atoms with Crippen LogP contribution >= 0.6 is 11.6 Å². The van der Waals surface area contributed by atoms with E-state index in [1.165, 1.54) is 6.08 Å². The molecular weight excluding hydrogens is 148 g/mol. The molecule has 0 aliphatic carbocycles. The minimum atomic E-state index is 0.580. The highest BCUT2D eigenvalue weighted by molar-refractivity contribution is 6.49. The molecule has 1 aromatic rings. The summed E-state index contributed by atoms with van der Waals surface area (Å²) in [6, 6.07) is 1.85. The average Bonchev–Trinajstić information content (AvgIpc) is 2.38. The summed E-state index contributed by atoms with van der Waals surface area (Å²) in [5, 5.41) is 7.32. The lowest BCUT2D eigenvalue weighted by atomic mass is 10.3. The van der Waals surface area contributed by atoms with Crippen LogP contribution in [0.1, 0.15) is 5.56 Å². The predicted octanol–water partition coefficient (Wildman–Crippen LogP) is 2.24. The molecule has 1 heterocycles. The monoisotopic (exact) mass is 154 g/mol. The molecule has 0 radical (unpaired) electrons. The Morgan fingerprint density at radius 3 is 3.00 bits per heavy atom. The fraction of sp³-hybridized carbons (Fsp3) is 0. The maximum Gasteiger partial charge on any atom is 0.0508 e. The fourth-order valence-corrected chi connectivity index (χ4v) is 0.822. The Morgan fingerprint density at radius 2 is 2.50 bits per heavy atom. The van der Waals surface area contributed by atoms with Crippen molar-refractivity contribution in [3.05, 3.63) is 30.1 Å². The second-order valence-corrected chi connectivity index (χ2v) is 2.19. The summed E-state index contributed by atoms with van der Waals surface area (Å²) in [6.07, 6.45) is 6.26. The van der Waals surface area contributed by atoms with Crippen molar-refractivity contribution < 1.29 is 0 Å². The maximum absolute atomic E-state index is 6.74. The van der Waals surface area contributed by atoms with Crippen LogP contribution in [0.25, 0.3) is 5.03 Å². The Bertz CT molecular complexity index is 236. The van der Waals surface area contributed by atoms with Crippen molar-refractivity contribution in [2.75, 3.05) is 0 Å². The van der Waals surface area contributed by atoms with Gasteiger partial charge in [0.1, 0.15) is 0 Å². The Kier molecular flexibility index (Phi) is 2.29. The molecule has 0 aliphatic heterocycles. The number of halogens is 1. The van der Waals surface area contributed by atoms with Gasteiger partial charge in [-0.3, -0.25) is 0 Å². The van der Waals surface area contributed by atoms with Crippen LogP contribution in [0.15, 0.2) is 24.5 Å². The molecule has 1 rings (SSSR count). The molecule has 0 amide bonds. The van der Waals surface area contributed by atoms with Crippen molar-refractivity contribution in [2.24, 2.45) is 0 Å². The van der Waals surface area contributed by atoms with Crippen molar-refractivity contribution in [1.29, 1.82) is 5.41 Å². The Hall–Kier alpha value is -1.02. The van der Waals surface area contributed by atoms with Gasteiger partial charge in [0, 0.05) is 24.2 Å². The summed E-state index contributed by atoms with van der Waals surface area (Å²) < 4.78 is 0. The highest BCUT2D eigenvalue weighted by atomic mass is 35.5. The van der Waals surface area contributed by atoms with Gasteiger partial charge in [-0.2, -0.15) is 0 Å². The van der Waals surface area contributed by atoms with Gasteiger partial charge in [0.25, 0.3) is 0 Å². The van der Waals surface area contributed by atoms with Crippen LogP contribution in [0.3, 0.4) is 0 Å². The molecule has 0 aliphatic rings. The van der Waals surface area contributed by atoms with Gasteiger partial charge in [0.15, 0.2) is 0 Å². The first-order valence-electron chi connectivity index (χ1n) is 2.84. The zero-order chi connectivity index (χ0) is 7.40. The molecule has 3 heteroatoms. The molecule has 0 aromatic carbocycles. The van der Waals surface area contributed by atoms with Gasteiger partial charge >= 0.3 is 0 Å². The predicted molar refractivity (Wildman–Crippen MR) is 43.4 cm³/mol. The lowest BCUT2D eigenvalue weighted by Crippen LogP contribution is -1.69. The minimum absolute atomic E-state index is 0.580. The van der Waals surface area contributed by atoms with E-state index >= 15 is 0 Å². The Morgan fingerprint density at radius 1 is 1.70 bits per heavy atom. The van der Waals surface area contributed by atoms with Gasteiger partial charge in [0.2, 0.25) is 0 Å². The van der Waals surface area contributed by atoms with Crippen LogP contribution < -0.4 is 0 Å². The third-order valence-electron chi connectivity index (χ3n) is 1.10. The van der Waals surface area contributed by atoms with E-state index in [0.29, 0.717) is 5.03 Å². The lowest BCUT2D eigenvalue weighted by Gasteiger charge is -1.87. The first-order valence-corrected chi connectivity index (χ1v) is 3.22. The van der Waals surface area contributed by atoms with E-state index in [9.17, 15) is 0 Å². The van der Waals surface area contributed by atoms with E-state index in [1.54, 1.807) is 12.4 Å². The molecule has 0 saturated carbocycles. The number of rotatable bonds is 2. The molecule has 0 saturated heterocycles. The van der Waals surface area contributed by atoms with Gasteiger partial charge < -0.3 is 10.4 Å². The molecule has 0 unspecified atom stereocenters. The lowest BCUT2D eigenvalue weighted by molar-refractivity contribution is 1.41. The van der Waals surface area contributed by atoms with Gasteiger partial charge in [0.05, 0.1) is 5.03 Å². The maximum atomic E-state index is 6.74. The number of hydrogen-bond acceptors (Lipinski definition) is 1. The molecule has 0 spiro atoms. The first kappa shape index (κ1) is 7.09. The Balaban J connectivity index is 2.86. The molecule has 0 atom stereocenters. The smallest absolute Gasteiger partial charge is 0.0508 e. The second-order valence-electron chi connectivity index (χ2n) is 1.78. The van der Waals surface area contributed by atoms with Crippen LogP contribution in [0.2, 0.25) is 0 Å². The van der Waals surface area contributed by atoms with E-state index in [1.807, 2.05) is 6.07 Å². The van der Waals surface area contributed by atoms with E-state index in [0.717, 1.165) is 11.8 Å². The molecular formula is C7H7ClN2. The molecule has 2 nitrogen and oxygen atoms in total. The topological polar surface area (TPSA) is 39.6 Å². The summed E-state index contributed by atoms with van der Waals surface area (Å²) >= 11 is 5.74. The molecule has 1 aromatic heterocycles. The van der Waals surface area contributed by atoms with Crippen LogP contribution in [-0.2, 0) is 0 Å². The summed E-state index contributed by atoms with van der Waals surface area (Å²) in [5.41, 5.74) is 0.908. The number of hydrogen-bond donors (Lipinski definition) is 2. The van der Waals surface area contributed by atoms with Crippen molar-refractivity contribution >= 4 is 22.8 Å². The molecule has 0 bridgehead atoms. The SMILES string of the molecule is N=C/C=C(/Cl)c1cc[nH]c1. The summed E-state index contributed by atoms with van der Waals surface area (Å²) in [6.45, 7) is 0. The third kappa shape index (κ3) is 1.48. The van der Waals surface area contributed by atoms with Gasteiger partial charge in [-0.1, -0.05) is 11.6 Å². The summed E-state index contributed by atoms with van der Waals surface area (Å²) in [5.74, 6) is 0. The zero-order valence-corrected chi connectivity index (χ0v) is 6.02. The van der Waals surface area contributed by atoms with Gasteiger partial charge in [-0.05, 0) is 12.1 Å². The highest BCUT2D eigenvalue weighted by Gasteiger charge is 1.94. The Labute approximate surface area is 64.0 Å². The van der Waals surface area contributed by atoms with E-state index in [-0.39, 0.29) is 0 Å². The first-order chi connectivity index (χ1) is 4.84. The van der Waals surface area contributed by atoms with Crippen LogP contribution in [0.4, 0.5) is 0 Å². The average molecular weight is 155 g/mol. The van der Waals surface area contributed by atoms with Crippen molar-refractivity contribution in [3.63, 3.8) is 0 Å². The normalized spacial score (nSPS) is 11.5. The largest absolute Gasteiger partial charge is 0.367 e. The third-order valence-corrected chi connectivity index (χ3v) is 1.45. The summed E-state index contributed by atoms with van der Waals surface area (Å²) in [4.78, 5) is 2.87. The van der Waals surface area contributed by atoms with E-state index < -0.39 is 0 Å². The van der Waals surface area contributed by atoms with Crippen molar-refractivity contribution in [3.8, 4) is 0 Å². The fourth-order valence-electron chi connectivity index (χ4n) is 0.642. The number of aromatic nitrogens is 1. The summed E-state index contributed by atoms with van der Waals surface area (Å²) in [7, 11) is 0. The van der Waals surface area contributed by atoms with Gasteiger partial charge in [-0.25, -0.2) is 0 Å². The number of H-pyrrole nitrogens is 1. The van der Waals surface area contributed by atoms with Crippen molar-refractivity contribution in [2.45, 2.75) is 0 Å². The number of nitrogens with one attached hydrogen (secondary N) is 2. The molecule has 2 N–H and O–H groups in total. The van der Waals surface area contributed by atoms with Crippen LogP contribution in [-0.4, -0.2) is 11.2 Å². The highest BCUT2D eigenvalue weighted by Crippen LogP contribution is 2.16. The molecule has 0 fully saturated rings.